The lowest BCUT2D eigenvalue weighted by atomic mass is 10.0. The molecule has 0 fully saturated rings. The van der Waals surface area contributed by atoms with Crippen LogP contribution in [0.25, 0.3) is 0 Å². The van der Waals surface area contributed by atoms with E-state index in [1.54, 1.807) is 0 Å². The molecule has 0 saturated heterocycles. The number of carbonyl (C=O) groups excluding carboxylic acids is 3. The third kappa shape index (κ3) is 38.6. The van der Waals surface area contributed by atoms with Crippen molar-refractivity contribution in [3.05, 3.63) is 0 Å². The van der Waals surface area contributed by atoms with Crippen molar-refractivity contribution in [2.45, 2.75) is 214 Å². The van der Waals surface area contributed by atoms with Crippen molar-refractivity contribution in [2.24, 2.45) is 5.92 Å². The molecule has 0 bridgehead atoms. The molecule has 1 unspecified atom stereocenters. The predicted octanol–water partition coefficient (Wildman–Crippen LogP) is 12.2. The highest BCUT2D eigenvalue weighted by molar-refractivity contribution is 5.69. The number of hydrogen-bond acceptors (Lipinski definition) is 6. The van der Waals surface area contributed by atoms with Crippen LogP contribution in [0, 0.1) is 5.92 Å². The fourth-order valence-corrected chi connectivity index (χ4v) is 5.17. The van der Waals surface area contributed by atoms with Crippen LogP contribution in [-0.4, -0.2) is 37.7 Å². The second-order valence-corrected chi connectivity index (χ2v) is 13.2. The molecule has 1 atom stereocenters. The van der Waals surface area contributed by atoms with Crippen molar-refractivity contribution in [1.29, 1.82) is 0 Å². The van der Waals surface area contributed by atoms with Gasteiger partial charge in [0.2, 0.25) is 0 Å². The molecule has 274 valence electrons. The Labute approximate surface area is 286 Å². The fourth-order valence-electron chi connectivity index (χ4n) is 5.17. The maximum absolute atomic E-state index is 11.8. The quantitative estimate of drug-likeness (QED) is 0.0398. The zero-order valence-electron chi connectivity index (χ0n) is 31.4. The maximum atomic E-state index is 11.8. The molecule has 46 heavy (non-hydrogen) atoms. The number of hydrogen-bond donors (Lipinski definition) is 0. The minimum atomic E-state index is -0.0664. The lowest BCUT2D eigenvalue weighted by Gasteiger charge is -2.14. The van der Waals surface area contributed by atoms with E-state index in [0.717, 1.165) is 77.0 Å². The van der Waals surface area contributed by atoms with Crippen molar-refractivity contribution in [1.82, 2.24) is 0 Å². The van der Waals surface area contributed by atoms with E-state index < -0.39 is 0 Å². The molecule has 0 aliphatic rings. The largest absolute Gasteiger partial charge is 0.466 e. The van der Waals surface area contributed by atoms with Gasteiger partial charge in [0, 0.05) is 19.3 Å². The van der Waals surface area contributed by atoms with Gasteiger partial charge in [-0.15, -0.1) is 0 Å². The van der Waals surface area contributed by atoms with Gasteiger partial charge in [0.25, 0.3) is 0 Å². The predicted molar refractivity (Wildman–Crippen MR) is 194 cm³/mol. The summed E-state index contributed by atoms with van der Waals surface area (Å²) in [5.74, 6) is 0.443. The van der Waals surface area contributed by atoms with E-state index in [-0.39, 0.29) is 17.9 Å². The van der Waals surface area contributed by atoms with Gasteiger partial charge in [0.1, 0.15) is 0 Å². The normalized spacial score (nSPS) is 11.4. The Morgan fingerprint density at radius 1 is 0.391 bits per heavy atom. The smallest absolute Gasteiger partial charge is 0.305 e. The summed E-state index contributed by atoms with van der Waals surface area (Å²) in [5.41, 5.74) is 0. The van der Waals surface area contributed by atoms with Gasteiger partial charge in [-0.3, -0.25) is 14.4 Å². The van der Waals surface area contributed by atoms with E-state index in [2.05, 4.69) is 34.6 Å². The minimum Gasteiger partial charge on any atom is -0.466 e. The standard InChI is InChI=1S/C22H44O2.C18H34O4/c1-4-7-9-10-11-12-13-14-15-16-17-19-22(23)24-20-21(6-3)18-8-5-2;1-3-5-15-21-17(19)13-11-9-7-8-10-12-14-18(20)22-16-6-4-2/h21H,4-20H2,1-3H3;3-16H2,1-2H3. The van der Waals surface area contributed by atoms with Crippen LogP contribution in [0.2, 0.25) is 0 Å². The van der Waals surface area contributed by atoms with Crippen LogP contribution >= 0.6 is 0 Å². The highest BCUT2D eigenvalue weighted by atomic mass is 16.5. The van der Waals surface area contributed by atoms with Crippen LogP contribution in [0.3, 0.4) is 0 Å². The van der Waals surface area contributed by atoms with Gasteiger partial charge < -0.3 is 14.2 Å². The third-order valence-corrected chi connectivity index (χ3v) is 8.54. The average Bonchev–Trinajstić information content (AvgIpc) is 3.05. The van der Waals surface area contributed by atoms with E-state index in [1.165, 1.54) is 83.5 Å². The monoisotopic (exact) mass is 655 g/mol. The Morgan fingerprint density at radius 2 is 0.717 bits per heavy atom. The first-order chi connectivity index (χ1) is 22.4. The van der Waals surface area contributed by atoms with Crippen LogP contribution in [0.4, 0.5) is 0 Å². The lowest BCUT2D eigenvalue weighted by Crippen LogP contribution is -2.13. The number of esters is 3. The molecule has 0 N–H and O–H groups in total. The summed E-state index contributed by atoms with van der Waals surface area (Å²) in [7, 11) is 0. The highest BCUT2D eigenvalue weighted by Gasteiger charge is 2.10. The Bertz CT molecular complexity index is 622. The van der Waals surface area contributed by atoms with Crippen LogP contribution in [-0.2, 0) is 28.6 Å². The molecule has 0 spiro atoms. The highest BCUT2D eigenvalue weighted by Crippen LogP contribution is 2.15. The van der Waals surface area contributed by atoms with Gasteiger partial charge >= 0.3 is 17.9 Å². The molecule has 0 aromatic rings. The number of carbonyl (C=O) groups is 3. The van der Waals surface area contributed by atoms with Crippen molar-refractivity contribution >= 4 is 17.9 Å². The van der Waals surface area contributed by atoms with Crippen molar-refractivity contribution in [3.8, 4) is 0 Å². The van der Waals surface area contributed by atoms with Gasteiger partial charge in [0.15, 0.2) is 0 Å². The minimum absolute atomic E-state index is 0.0147. The van der Waals surface area contributed by atoms with Gasteiger partial charge in [-0.05, 0) is 44.4 Å². The first-order valence-electron chi connectivity index (χ1n) is 19.9. The molecule has 0 aliphatic heterocycles. The van der Waals surface area contributed by atoms with Crippen molar-refractivity contribution in [3.63, 3.8) is 0 Å². The molecule has 0 aliphatic carbocycles. The van der Waals surface area contributed by atoms with Crippen LogP contribution in [0.5, 0.6) is 0 Å². The van der Waals surface area contributed by atoms with Gasteiger partial charge in [-0.1, -0.05) is 157 Å². The van der Waals surface area contributed by atoms with Crippen LogP contribution in [0.15, 0.2) is 0 Å². The molecule has 0 heterocycles. The van der Waals surface area contributed by atoms with Crippen LogP contribution < -0.4 is 0 Å². The second-order valence-electron chi connectivity index (χ2n) is 13.2. The first-order valence-corrected chi connectivity index (χ1v) is 19.9. The van der Waals surface area contributed by atoms with Crippen LogP contribution in [0.1, 0.15) is 214 Å². The number of rotatable bonds is 33. The van der Waals surface area contributed by atoms with E-state index in [1.807, 2.05) is 0 Å². The Balaban J connectivity index is 0. The number of ether oxygens (including phenoxy) is 3. The second kappa shape index (κ2) is 39.6. The van der Waals surface area contributed by atoms with E-state index in [0.29, 0.717) is 45.0 Å². The summed E-state index contributed by atoms with van der Waals surface area (Å²) < 4.78 is 15.7. The Morgan fingerprint density at radius 3 is 1.07 bits per heavy atom. The molecule has 0 rings (SSSR count). The van der Waals surface area contributed by atoms with Gasteiger partial charge in [-0.2, -0.15) is 0 Å². The van der Waals surface area contributed by atoms with Gasteiger partial charge in [0.05, 0.1) is 19.8 Å². The summed E-state index contributed by atoms with van der Waals surface area (Å²) in [5, 5.41) is 0. The number of unbranched alkanes of at least 4 members (excludes halogenated alkanes) is 18. The summed E-state index contributed by atoms with van der Waals surface area (Å²) in [6.07, 6.45) is 31.1. The van der Waals surface area contributed by atoms with Crippen molar-refractivity contribution < 1.29 is 28.6 Å². The maximum Gasteiger partial charge on any atom is 0.305 e. The van der Waals surface area contributed by atoms with Gasteiger partial charge in [-0.25, -0.2) is 0 Å². The molecule has 0 saturated carbocycles. The van der Waals surface area contributed by atoms with E-state index in [4.69, 9.17) is 14.2 Å². The van der Waals surface area contributed by atoms with E-state index in [9.17, 15) is 14.4 Å². The topological polar surface area (TPSA) is 78.9 Å². The Hall–Kier alpha value is -1.59. The SMILES string of the molecule is CCCCCCCCCCCCCC(=O)OCC(CC)CCCC.CCCCOC(=O)CCCCCCCCC(=O)OCCCC. The molecule has 6 heteroatoms. The average molecular weight is 655 g/mol. The fraction of sp³-hybridized carbons (Fsp3) is 0.925. The zero-order chi connectivity index (χ0) is 34.4. The van der Waals surface area contributed by atoms with Crippen molar-refractivity contribution in [2.75, 3.05) is 19.8 Å². The summed E-state index contributed by atoms with van der Waals surface area (Å²) in [6, 6.07) is 0. The molecular formula is C40H78O6. The summed E-state index contributed by atoms with van der Waals surface area (Å²) >= 11 is 0. The molecule has 0 amide bonds. The summed E-state index contributed by atoms with van der Waals surface area (Å²) in [4.78, 5) is 34.5. The molecule has 0 radical (unpaired) electrons. The lowest BCUT2D eigenvalue weighted by molar-refractivity contribution is -0.145. The first kappa shape index (κ1) is 46.5. The third-order valence-electron chi connectivity index (χ3n) is 8.54. The molecular weight excluding hydrogens is 576 g/mol. The molecule has 0 aromatic heterocycles. The summed E-state index contributed by atoms with van der Waals surface area (Å²) in [6.45, 7) is 12.6. The Kier molecular flexibility index (Phi) is 40.0. The zero-order valence-corrected chi connectivity index (χ0v) is 31.4. The molecule has 6 nitrogen and oxygen atoms in total. The molecule has 0 aromatic carbocycles. The van der Waals surface area contributed by atoms with E-state index >= 15 is 0 Å².